The van der Waals surface area contributed by atoms with Crippen LogP contribution in [-0.4, -0.2) is 11.0 Å². The van der Waals surface area contributed by atoms with Gasteiger partial charge >= 0.3 is 0 Å². The summed E-state index contributed by atoms with van der Waals surface area (Å²) in [6.45, 7) is 9.13. The van der Waals surface area contributed by atoms with Crippen LogP contribution >= 0.6 is 0 Å². The Balaban J connectivity index is 2.09. The van der Waals surface area contributed by atoms with Crippen LogP contribution < -0.4 is 5.32 Å². The molecule has 1 aliphatic rings. The number of aromatic nitrogens is 1. The third-order valence-electron chi connectivity index (χ3n) is 3.68. The molecule has 0 aliphatic heterocycles. The van der Waals surface area contributed by atoms with Crippen LogP contribution in [0, 0.1) is 18.3 Å². The first-order valence-electron chi connectivity index (χ1n) is 6.16. The maximum atomic E-state index is 4.32. The average molecular weight is 218 g/mol. The maximum Gasteiger partial charge on any atom is 0.0603 e. The summed E-state index contributed by atoms with van der Waals surface area (Å²) in [6, 6.07) is 4.72. The third-order valence-corrected chi connectivity index (χ3v) is 3.68. The Labute approximate surface area is 98.5 Å². The number of hydrogen-bond acceptors (Lipinski definition) is 2. The number of nitrogens with one attached hydrogen (secondary N) is 1. The Morgan fingerprint density at radius 3 is 2.69 bits per heavy atom. The molecule has 88 valence electrons. The first kappa shape index (κ1) is 11.4. The summed E-state index contributed by atoms with van der Waals surface area (Å²) in [5.41, 5.74) is 2.77. The van der Waals surface area contributed by atoms with Gasteiger partial charge in [-0.25, -0.2) is 0 Å². The van der Waals surface area contributed by atoms with Crippen molar-refractivity contribution in [3.8, 4) is 0 Å². The van der Waals surface area contributed by atoms with Crippen molar-refractivity contribution in [2.45, 2.75) is 46.6 Å². The minimum Gasteiger partial charge on any atom is -0.381 e. The Hall–Kier alpha value is -1.05. The van der Waals surface area contributed by atoms with Gasteiger partial charge in [0.25, 0.3) is 0 Å². The predicted octanol–water partition coefficient (Wildman–Crippen LogP) is 3.63. The van der Waals surface area contributed by atoms with E-state index < -0.39 is 0 Å². The molecule has 0 aromatic carbocycles. The summed E-state index contributed by atoms with van der Waals surface area (Å²) >= 11 is 0. The van der Waals surface area contributed by atoms with Crippen LogP contribution in [0.15, 0.2) is 18.3 Å². The largest absolute Gasteiger partial charge is 0.381 e. The monoisotopic (exact) mass is 218 g/mol. The molecule has 2 heteroatoms. The summed E-state index contributed by atoms with van der Waals surface area (Å²) in [6.07, 6.45) is 4.41. The highest BCUT2D eigenvalue weighted by Crippen LogP contribution is 2.42. The lowest BCUT2D eigenvalue weighted by Gasteiger charge is -2.20. The molecule has 1 aromatic rings. The Bertz CT molecular complexity index is 371. The van der Waals surface area contributed by atoms with Gasteiger partial charge in [-0.2, -0.15) is 0 Å². The van der Waals surface area contributed by atoms with Gasteiger partial charge in [0, 0.05) is 12.2 Å². The summed E-state index contributed by atoms with van der Waals surface area (Å²) in [5.74, 6) is 0.745. The summed E-state index contributed by atoms with van der Waals surface area (Å²) in [5, 5.41) is 3.65. The van der Waals surface area contributed by atoms with E-state index in [2.05, 4.69) is 44.1 Å². The molecular weight excluding hydrogens is 196 g/mol. The third kappa shape index (κ3) is 2.37. The normalized spacial score (nSPS) is 28.0. The standard InChI is InChI=1S/C14H22N2/c1-10-8-14(3,4)9-13(10)16-12-6-5-7-15-11(12)2/h5-7,10,13,16H,8-9H2,1-4H3. The SMILES string of the molecule is Cc1ncccc1NC1CC(C)(C)CC1C. The van der Waals surface area contributed by atoms with Gasteiger partial charge in [-0.1, -0.05) is 20.8 Å². The van der Waals surface area contributed by atoms with E-state index in [0.717, 1.165) is 11.6 Å². The van der Waals surface area contributed by atoms with Gasteiger partial charge in [0.1, 0.15) is 0 Å². The first-order chi connectivity index (χ1) is 7.48. The fourth-order valence-corrected chi connectivity index (χ4v) is 2.92. The highest BCUT2D eigenvalue weighted by molar-refractivity contribution is 5.47. The maximum absolute atomic E-state index is 4.32. The van der Waals surface area contributed by atoms with E-state index in [1.807, 2.05) is 12.3 Å². The summed E-state index contributed by atoms with van der Waals surface area (Å²) in [4.78, 5) is 4.32. The average Bonchev–Trinajstić information content (AvgIpc) is 2.44. The fraction of sp³-hybridized carbons (Fsp3) is 0.643. The molecule has 16 heavy (non-hydrogen) atoms. The van der Waals surface area contributed by atoms with Crippen molar-refractivity contribution in [3.05, 3.63) is 24.0 Å². The first-order valence-corrected chi connectivity index (χ1v) is 6.16. The Kier molecular flexibility index (Phi) is 2.92. The minimum absolute atomic E-state index is 0.479. The zero-order valence-corrected chi connectivity index (χ0v) is 10.7. The van der Waals surface area contributed by atoms with Crippen LogP contribution in [-0.2, 0) is 0 Å². The van der Waals surface area contributed by atoms with E-state index in [-0.39, 0.29) is 0 Å². The zero-order valence-electron chi connectivity index (χ0n) is 10.7. The van der Waals surface area contributed by atoms with Crippen LogP contribution in [0.3, 0.4) is 0 Å². The van der Waals surface area contributed by atoms with E-state index in [1.165, 1.54) is 18.5 Å². The van der Waals surface area contributed by atoms with Gasteiger partial charge in [-0.05, 0) is 43.2 Å². The Morgan fingerprint density at radius 2 is 2.12 bits per heavy atom. The van der Waals surface area contributed by atoms with Crippen LogP contribution in [0.4, 0.5) is 5.69 Å². The highest BCUT2D eigenvalue weighted by Gasteiger charge is 2.36. The summed E-state index contributed by atoms with van der Waals surface area (Å²) < 4.78 is 0. The number of hydrogen-bond donors (Lipinski definition) is 1. The van der Waals surface area contributed by atoms with Crippen molar-refractivity contribution in [2.24, 2.45) is 11.3 Å². The molecule has 1 fully saturated rings. The molecule has 1 N–H and O–H groups in total. The number of rotatable bonds is 2. The molecule has 2 unspecified atom stereocenters. The molecular formula is C14H22N2. The topological polar surface area (TPSA) is 24.9 Å². The lowest BCUT2D eigenvalue weighted by atomic mass is 9.91. The number of anilines is 1. The van der Waals surface area contributed by atoms with E-state index in [9.17, 15) is 0 Å². The van der Waals surface area contributed by atoms with Gasteiger partial charge in [0.2, 0.25) is 0 Å². The molecule has 1 saturated carbocycles. The molecule has 2 nitrogen and oxygen atoms in total. The molecule has 2 rings (SSSR count). The quantitative estimate of drug-likeness (QED) is 0.820. The minimum atomic E-state index is 0.479. The predicted molar refractivity (Wildman–Crippen MR) is 68.6 cm³/mol. The van der Waals surface area contributed by atoms with Gasteiger partial charge in [0.15, 0.2) is 0 Å². The molecule has 0 spiro atoms. The fourth-order valence-electron chi connectivity index (χ4n) is 2.92. The van der Waals surface area contributed by atoms with Crippen molar-refractivity contribution in [2.75, 3.05) is 5.32 Å². The van der Waals surface area contributed by atoms with Crippen molar-refractivity contribution >= 4 is 5.69 Å². The highest BCUT2D eigenvalue weighted by atomic mass is 15.0. The van der Waals surface area contributed by atoms with Crippen molar-refractivity contribution in [1.29, 1.82) is 0 Å². The van der Waals surface area contributed by atoms with Gasteiger partial charge < -0.3 is 5.32 Å². The van der Waals surface area contributed by atoms with Crippen LogP contribution in [0.1, 0.15) is 39.3 Å². The van der Waals surface area contributed by atoms with Crippen molar-refractivity contribution in [3.63, 3.8) is 0 Å². The second-order valence-corrected chi connectivity index (χ2v) is 5.94. The zero-order chi connectivity index (χ0) is 11.8. The second kappa shape index (κ2) is 4.08. The smallest absolute Gasteiger partial charge is 0.0603 e. The van der Waals surface area contributed by atoms with Crippen molar-refractivity contribution in [1.82, 2.24) is 4.98 Å². The van der Waals surface area contributed by atoms with Crippen LogP contribution in [0.5, 0.6) is 0 Å². The number of aryl methyl sites for hydroxylation is 1. The molecule has 1 heterocycles. The Morgan fingerprint density at radius 1 is 1.38 bits per heavy atom. The molecule has 1 aromatic heterocycles. The lowest BCUT2D eigenvalue weighted by molar-refractivity contribution is 0.366. The summed E-state index contributed by atoms with van der Waals surface area (Å²) in [7, 11) is 0. The van der Waals surface area contributed by atoms with Crippen molar-refractivity contribution < 1.29 is 0 Å². The lowest BCUT2D eigenvalue weighted by Crippen LogP contribution is -2.23. The van der Waals surface area contributed by atoms with Crippen LogP contribution in [0.25, 0.3) is 0 Å². The van der Waals surface area contributed by atoms with E-state index in [4.69, 9.17) is 0 Å². The molecule has 0 radical (unpaired) electrons. The second-order valence-electron chi connectivity index (χ2n) is 5.94. The van der Waals surface area contributed by atoms with E-state index >= 15 is 0 Å². The van der Waals surface area contributed by atoms with Gasteiger partial charge in [-0.15, -0.1) is 0 Å². The van der Waals surface area contributed by atoms with E-state index in [1.54, 1.807) is 0 Å². The van der Waals surface area contributed by atoms with E-state index in [0.29, 0.717) is 11.5 Å². The number of pyridine rings is 1. The van der Waals surface area contributed by atoms with Gasteiger partial charge in [-0.3, -0.25) is 4.98 Å². The molecule has 2 atom stereocenters. The molecule has 1 aliphatic carbocycles. The number of nitrogens with zero attached hydrogens (tertiary/aromatic N) is 1. The molecule has 0 bridgehead atoms. The molecule has 0 amide bonds. The van der Waals surface area contributed by atoms with Crippen LogP contribution in [0.2, 0.25) is 0 Å². The molecule has 0 saturated heterocycles. The van der Waals surface area contributed by atoms with Gasteiger partial charge in [0.05, 0.1) is 11.4 Å².